The molecule has 2 aliphatic heterocycles. The first-order valence-electron chi connectivity index (χ1n) is 13.4. The number of piperazine rings is 1. The number of benzene rings is 2. The Hall–Kier alpha value is -2.84. The number of ether oxygens (including phenoxy) is 1. The van der Waals surface area contributed by atoms with E-state index in [0.717, 1.165) is 81.2 Å². The Morgan fingerprint density at radius 1 is 0.949 bits per heavy atom. The van der Waals surface area contributed by atoms with Crippen LogP contribution in [0.25, 0.3) is 11.3 Å². The smallest absolute Gasteiger partial charge is 0.303 e. The van der Waals surface area contributed by atoms with E-state index in [4.69, 9.17) is 38.0 Å². The van der Waals surface area contributed by atoms with Crippen LogP contribution in [0.3, 0.4) is 0 Å². The van der Waals surface area contributed by atoms with Gasteiger partial charge in [0.25, 0.3) is 0 Å². The fourth-order valence-electron chi connectivity index (χ4n) is 5.32. The fourth-order valence-corrected chi connectivity index (χ4v) is 5.84. The molecule has 9 heteroatoms. The Morgan fingerprint density at radius 2 is 1.62 bits per heavy atom. The molecule has 39 heavy (non-hydrogen) atoms. The Kier molecular flexibility index (Phi) is 8.92. The third-order valence-corrected chi connectivity index (χ3v) is 7.96. The summed E-state index contributed by atoms with van der Waals surface area (Å²) in [5.74, 6) is 0.757. The summed E-state index contributed by atoms with van der Waals surface area (Å²) in [6.45, 7) is 6.59. The van der Waals surface area contributed by atoms with Gasteiger partial charge in [0.15, 0.2) is 0 Å². The van der Waals surface area contributed by atoms with Gasteiger partial charge in [-0.05, 0) is 93.0 Å². The molecule has 2 aromatic carbocycles. The number of piperidine rings is 1. The number of rotatable bonds is 8. The van der Waals surface area contributed by atoms with Gasteiger partial charge in [-0.2, -0.15) is 0 Å². The number of halogens is 2. The number of carbonyl (C=O) groups is 1. The van der Waals surface area contributed by atoms with Crippen LogP contribution >= 0.6 is 23.2 Å². The average molecular weight is 570 g/mol. The molecule has 3 heterocycles. The standard InChI is InChI=1S/C30H34Cl2N4O3/c1-34-10-12-36(13-11-34)26-2-4-27(5-3-26)39-29-15-22(20-35-8-6-21(7-9-35)16-30(37)38)14-28(33-29)23-17-24(31)19-25(32)18-23/h2-5,14-15,17-19,21H,6-13,16,20H2,1H3,(H,37,38). The van der Waals surface area contributed by atoms with Crippen molar-refractivity contribution in [2.75, 3.05) is 51.2 Å². The van der Waals surface area contributed by atoms with Crippen molar-refractivity contribution < 1.29 is 14.6 Å². The minimum absolute atomic E-state index is 0.244. The maximum atomic E-state index is 11.1. The van der Waals surface area contributed by atoms with Crippen LogP contribution < -0.4 is 9.64 Å². The second-order valence-electron chi connectivity index (χ2n) is 10.6. The summed E-state index contributed by atoms with van der Waals surface area (Å²) >= 11 is 12.6. The molecule has 0 radical (unpaired) electrons. The Bertz CT molecular complexity index is 1270. The van der Waals surface area contributed by atoms with Gasteiger partial charge in [0.05, 0.1) is 5.69 Å². The molecule has 206 valence electrons. The van der Waals surface area contributed by atoms with E-state index in [1.54, 1.807) is 6.07 Å². The van der Waals surface area contributed by atoms with Crippen LogP contribution in [0, 0.1) is 5.92 Å². The van der Waals surface area contributed by atoms with Crippen molar-refractivity contribution in [3.8, 4) is 22.9 Å². The highest BCUT2D eigenvalue weighted by Crippen LogP contribution is 2.31. The number of likely N-dealkylation sites (N-methyl/N-ethyl adjacent to an activating group) is 1. The first-order valence-corrected chi connectivity index (χ1v) is 14.2. The van der Waals surface area contributed by atoms with Crippen molar-refractivity contribution in [3.05, 3.63) is 70.2 Å². The molecule has 0 aliphatic carbocycles. The zero-order chi connectivity index (χ0) is 27.4. The molecule has 3 aromatic rings. The summed E-state index contributed by atoms with van der Waals surface area (Å²) < 4.78 is 6.26. The van der Waals surface area contributed by atoms with Gasteiger partial charge in [0, 0.05) is 66.5 Å². The molecule has 7 nitrogen and oxygen atoms in total. The van der Waals surface area contributed by atoms with E-state index in [-0.39, 0.29) is 12.3 Å². The van der Waals surface area contributed by atoms with Crippen LogP contribution in [0.1, 0.15) is 24.8 Å². The molecular formula is C30H34Cl2N4O3. The third kappa shape index (κ3) is 7.63. The lowest BCUT2D eigenvalue weighted by molar-refractivity contribution is -0.138. The van der Waals surface area contributed by atoms with E-state index in [0.29, 0.717) is 15.9 Å². The number of anilines is 1. The van der Waals surface area contributed by atoms with E-state index in [9.17, 15) is 4.79 Å². The Morgan fingerprint density at radius 3 is 2.26 bits per heavy atom. The van der Waals surface area contributed by atoms with E-state index >= 15 is 0 Å². The number of nitrogens with zero attached hydrogens (tertiary/aromatic N) is 4. The number of pyridine rings is 1. The second kappa shape index (κ2) is 12.6. The first kappa shape index (κ1) is 27.7. The van der Waals surface area contributed by atoms with Crippen LogP contribution in [-0.4, -0.2) is 72.2 Å². The Labute approximate surface area is 239 Å². The van der Waals surface area contributed by atoms with Crippen LogP contribution in [0.15, 0.2) is 54.6 Å². The largest absolute Gasteiger partial charge is 0.481 e. The van der Waals surface area contributed by atoms with Crippen LogP contribution in [0.4, 0.5) is 5.69 Å². The van der Waals surface area contributed by atoms with Crippen molar-refractivity contribution in [2.45, 2.75) is 25.8 Å². The Balaban J connectivity index is 1.35. The average Bonchev–Trinajstić information content (AvgIpc) is 2.90. The van der Waals surface area contributed by atoms with Crippen molar-refractivity contribution in [1.29, 1.82) is 0 Å². The van der Waals surface area contributed by atoms with Gasteiger partial charge in [-0.3, -0.25) is 9.69 Å². The number of hydrogen-bond donors (Lipinski definition) is 1. The highest BCUT2D eigenvalue weighted by atomic mass is 35.5. The quantitative estimate of drug-likeness (QED) is 0.342. The summed E-state index contributed by atoms with van der Waals surface area (Å²) in [5.41, 5.74) is 3.82. The molecule has 0 saturated carbocycles. The SMILES string of the molecule is CN1CCN(c2ccc(Oc3cc(CN4CCC(CC(=O)O)CC4)cc(-c4cc(Cl)cc(Cl)c4)n3)cc2)CC1. The lowest BCUT2D eigenvalue weighted by Gasteiger charge is -2.34. The van der Waals surface area contributed by atoms with Gasteiger partial charge in [0.1, 0.15) is 5.75 Å². The number of aromatic nitrogens is 1. The summed E-state index contributed by atoms with van der Waals surface area (Å²) in [6, 6.07) is 17.6. The van der Waals surface area contributed by atoms with E-state index in [1.165, 1.54) is 5.69 Å². The highest BCUT2D eigenvalue weighted by Gasteiger charge is 2.22. The monoisotopic (exact) mass is 568 g/mol. The second-order valence-corrected chi connectivity index (χ2v) is 11.4. The minimum atomic E-state index is -0.717. The number of carboxylic acids is 1. The van der Waals surface area contributed by atoms with Crippen LogP contribution in [0.5, 0.6) is 11.6 Å². The predicted molar refractivity (Wildman–Crippen MR) is 156 cm³/mol. The predicted octanol–water partition coefficient (Wildman–Crippen LogP) is 6.29. The molecule has 2 fully saturated rings. The molecule has 2 saturated heterocycles. The van der Waals surface area contributed by atoms with Gasteiger partial charge >= 0.3 is 5.97 Å². The van der Waals surface area contributed by atoms with Gasteiger partial charge < -0.3 is 19.6 Å². The maximum Gasteiger partial charge on any atom is 0.303 e. The minimum Gasteiger partial charge on any atom is -0.481 e. The molecular weight excluding hydrogens is 535 g/mol. The number of aliphatic carboxylic acids is 1. The number of carboxylic acid groups (broad SMARTS) is 1. The normalized spacial score (nSPS) is 17.4. The van der Waals surface area contributed by atoms with Crippen molar-refractivity contribution in [1.82, 2.24) is 14.8 Å². The summed E-state index contributed by atoms with van der Waals surface area (Å²) in [5, 5.41) is 10.2. The van der Waals surface area contributed by atoms with Crippen molar-refractivity contribution >= 4 is 34.9 Å². The molecule has 5 rings (SSSR count). The van der Waals surface area contributed by atoms with E-state index in [1.807, 2.05) is 30.3 Å². The summed E-state index contributed by atoms with van der Waals surface area (Å²) in [4.78, 5) is 23.0. The molecule has 2 aliphatic rings. The van der Waals surface area contributed by atoms with E-state index in [2.05, 4.69) is 39.9 Å². The zero-order valence-corrected chi connectivity index (χ0v) is 23.7. The maximum absolute atomic E-state index is 11.1. The number of likely N-dealkylation sites (tertiary alicyclic amines) is 1. The van der Waals surface area contributed by atoms with Crippen LogP contribution in [0.2, 0.25) is 10.0 Å². The van der Waals surface area contributed by atoms with E-state index < -0.39 is 5.97 Å². The lowest BCUT2D eigenvalue weighted by Crippen LogP contribution is -2.44. The third-order valence-electron chi connectivity index (χ3n) is 7.52. The van der Waals surface area contributed by atoms with Crippen LogP contribution in [-0.2, 0) is 11.3 Å². The number of hydrogen-bond acceptors (Lipinski definition) is 6. The van der Waals surface area contributed by atoms with Crippen molar-refractivity contribution in [3.63, 3.8) is 0 Å². The van der Waals surface area contributed by atoms with Gasteiger partial charge in [-0.1, -0.05) is 23.2 Å². The molecule has 0 unspecified atom stereocenters. The molecule has 0 amide bonds. The van der Waals surface area contributed by atoms with Crippen molar-refractivity contribution in [2.24, 2.45) is 5.92 Å². The topological polar surface area (TPSA) is 69.1 Å². The van der Waals surface area contributed by atoms with Gasteiger partial charge in [-0.15, -0.1) is 0 Å². The van der Waals surface area contributed by atoms with Gasteiger partial charge in [0.2, 0.25) is 5.88 Å². The fraction of sp³-hybridized carbons (Fsp3) is 0.400. The molecule has 0 atom stereocenters. The lowest BCUT2D eigenvalue weighted by atomic mass is 9.93. The summed E-state index contributed by atoms with van der Waals surface area (Å²) in [6.07, 6.45) is 2.02. The molecule has 1 aromatic heterocycles. The highest BCUT2D eigenvalue weighted by molar-refractivity contribution is 6.35. The molecule has 0 bridgehead atoms. The van der Waals surface area contributed by atoms with Gasteiger partial charge in [-0.25, -0.2) is 4.98 Å². The molecule has 1 N–H and O–H groups in total. The first-order chi connectivity index (χ1) is 18.8. The zero-order valence-electron chi connectivity index (χ0n) is 22.2. The molecule has 0 spiro atoms. The summed E-state index contributed by atoms with van der Waals surface area (Å²) in [7, 11) is 2.16.